The van der Waals surface area contributed by atoms with Crippen molar-refractivity contribution in [1.82, 2.24) is 9.88 Å². The highest BCUT2D eigenvalue weighted by molar-refractivity contribution is 5.94. The van der Waals surface area contributed by atoms with E-state index >= 15 is 0 Å². The van der Waals surface area contributed by atoms with E-state index in [0.29, 0.717) is 13.1 Å². The van der Waals surface area contributed by atoms with Gasteiger partial charge in [0.05, 0.1) is 5.56 Å². The first kappa shape index (κ1) is 13.5. The van der Waals surface area contributed by atoms with Crippen LogP contribution < -0.4 is 0 Å². The maximum absolute atomic E-state index is 13.4. The van der Waals surface area contributed by atoms with Gasteiger partial charge in [-0.2, -0.15) is 4.39 Å². The standard InChI is InChI=1S/C12H16F2N2O/c1-3-5-8-16(4-2)12(17)9-6-7-15-11(14)10(9)13/h6-7H,3-5,8H2,1-2H3. The molecule has 0 fully saturated rings. The molecule has 5 heteroatoms. The smallest absolute Gasteiger partial charge is 0.257 e. The highest BCUT2D eigenvalue weighted by Gasteiger charge is 2.20. The molecule has 0 aliphatic rings. The van der Waals surface area contributed by atoms with Crippen LogP contribution in [0.4, 0.5) is 8.78 Å². The Morgan fingerprint density at radius 3 is 2.71 bits per heavy atom. The Hall–Kier alpha value is -1.52. The van der Waals surface area contributed by atoms with Crippen molar-refractivity contribution in [2.24, 2.45) is 0 Å². The van der Waals surface area contributed by atoms with Crippen molar-refractivity contribution in [2.75, 3.05) is 13.1 Å². The molecule has 0 saturated carbocycles. The molecule has 1 heterocycles. The lowest BCUT2D eigenvalue weighted by molar-refractivity contribution is 0.0756. The zero-order valence-corrected chi connectivity index (χ0v) is 10.0. The number of unbranched alkanes of at least 4 members (excludes halogenated alkanes) is 1. The third kappa shape index (κ3) is 3.22. The summed E-state index contributed by atoms with van der Waals surface area (Å²) in [5.74, 6) is -2.89. The summed E-state index contributed by atoms with van der Waals surface area (Å²) in [7, 11) is 0. The van der Waals surface area contributed by atoms with Crippen LogP contribution in [-0.4, -0.2) is 28.9 Å². The number of amides is 1. The Morgan fingerprint density at radius 1 is 1.41 bits per heavy atom. The number of halogens is 2. The number of nitrogens with zero attached hydrogens (tertiary/aromatic N) is 2. The average Bonchev–Trinajstić information content (AvgIpc) is 2.33. The Balaban J connectivity index is 2.90. The zero-order valence-electron chi connectivity index (χ0n) is 10.0. The lowest BCUT2D eigenvalue weighted by Crippen LogP contribution is -2.32. The van der Waals surface area contributed by atoms with E-state index in [1.165, 1.54) is 11.0 Å². The van der Waals surface area contributed by atoms with E-state index in [1.807, 2.05) is 13.8 Å². The van der Waals surface area contributed by atoms with Crippen LogP contribution in [0.5, 0.6) is 0 Å². The molecule has 17 heavy (non-hydrogen) atoms. The summed E-state index contributed by atoms with van der Waals surface area (Å²) in [6, 6.07) is 1.20. The summed E-state index contributed by atoms with van der Waals surface area (Å²) in [5.41, 5.74) is -0.254. The summed E-state index contributed by atoms with van der Waals surface area (Å²) < 4.78 is 26.3. The van der Waals surface area contributed by atoms with Gasteiger partial charge in [0, 0.05) is 19.3 Å². The monoisotopic (exact) mass is 242 g/mol. The lowest BCUT2D eigenvalue weighted by Gasteiger charge is -2.20. The molecule has 94 valence electrons. The van der Waals surface area contributed by atoms with Gasteiger partial charge in [0.2, 0.25) is 5.95 Å². The largest absolute Gasteiger partial charge is 0.339 e. The molecule has 0 unspecified atom stereocenters. The first-order valence-electron chi connectivity index (χ1n) is 5.71. The van der Waals surface area contributed by atoms with E-state index in [0.717, 1.165) is 19.0 Å². The maximum atomic E-state index is 13.4. The molecule has 1 amide bonds. The highest BCUT2D eigenvalue weighted by atomic mass is 19.2. The van der Waals surface area contributed by atoms with Crippen LogP contribution in [0.3, 0.4) is 0 Å². The minimum atomic E-state index is -1.23. The van der Waals surface area contributed by atoms with Gasteiger partial charge in [0.1, 0.15) is 0 Å². The fourth-order valence-corrected chi connectivity index (χ4v) is 1.51. The van der Waals surface area contributed by atoms with Gasteiger partial charge >= 0.3 is 0 Å². The number of pyridine rings is 1. The number of carbonyl (C=O) groups is 1. The number of carbonyl (C=O) groups excluding carboxylic acids is 1. The first-order chi connectivity index (χ1) is 8.11. The molecular formula is C12H16F2N2O. The third-order valence-corrected chi connectivity index (χ3v) is 2.53. The summed E-state index contributed by atoms with van der Waals surface area (Å²) in [5, 5.41) is 0. The number of aromatic nitrogens is 1. The van der Waals surface area contributed by atoms with E-state index in [4.69, 9.17) is 0 Å². The van der Waals surface area contributed by atoms with Crippen molar-refractivity contribution < 1.29 is 13.6 Å². The molecule has 0 N–H and O–H groups in total. The topological polar surface area (TPSA) is 33.2 Å². The van der Waals surface area contributed by atoms with Gasteiger partial charge in [-0.1, -0.05) is 13.3 Å². The van der Waals surface area contributed by atoms with Crippen molar-refractivity contribution in [3.8, 4) is 0 Å². The molecular weight excluding hydrogens is 226 g/mol. The number of hydrogen-bond donors (Lipinski definition) is 0. The van der Waals surface area contributed by atoms with Gasteiger partial charge in [-0.3, -0.25) is 4.79 Å². The third-order valence-electron chi connectivity index (χ3n) is 2.53. The fraction of sp³-hybridized carbons (Fsp3) is 0.500. The van der Waals surface area contributed by atoms with Crippen LogP contribution in [0.15, 0.2) is 12.3 Å². The highest BCUT2D eigenvalue weighted by Crippen LogP contribution is 2.12. The minimum Gasteiger partial charge on any atom is -0.339 e. The van der Waals surface area contributed by atoms with Crippen LogP contribution in [0, 0.1) is 11.8 Å². The van der Waals surface area contributed by atoms with Crippen LogP contribution in [-0.2, 0) is 0 Å². The maximum Gasteiger partial charge on any atom is 0.257 e. The molecule has 0 aliphatic carbocycles. The summed E-state index contributed by atoms with van der Waals surface area (Å²) >= 11 is 0. The number of hydrogen-bond acceptors (Lipinski definition) is 2. The van der Waals surface area contributed by atoms with E-state index in [2.05, 4.69) is 4.98 Å². The van der Waals surface area contributed by atoms with E-state index in [9.17, 15) is 13.6 Å². The van der Waals surface area contributed by atoms with Gasteiger partial charge < -0.3 is 4.90 Å². The van der Waals surface area contributed by atoms with Crippen LogP contribution in [0.2, 0.25) is 0 Å². The molecule has 1 aromatic rings. The van der Waals surface area contributed by atoms with E-state index in [1.54, 1.807) is 0 Å². The van der Waals surface area contributed by atoms with Crippen molar-refractivity contribution in [3.05, 3.63) is 29.6 Å². The Morgan fingerprint density at radius 2 is 2.12 bits per heavy atom. The van der Waals surface area contributed by atoms with Crippen molar-refractivity contribution in [1.29, 1.82) is 0 Å². The molecule has 3 nitrogen and oxygen atoms in total. The van der Waals surface area contributed by atoms with Gasteiger partial charge in [0.25, 0.3) is 5.91 Å². The molecule has 0 aromatic carbocycles. The average molecular weight is 242 g/mol. The van der Waals surface area contributed by atoms with Crippen LogP contribution >= 0.6 is 0 Å². The van der Waals surface area contributed by atoms with Crippen molar-refractivity contribution in [3.63, 3.8) is 0 Å². The van der Waals surface area contributed by atoms with E-state index < -0.39 is 17.7 Å². The quantitative estimate of drug-likeness (QED) is 0.744. The second-order valence-electron chi connectivity index (χ2n) is 3.70. The summed E-state index contributed by atoms with van der Waals surface area (Å²) in [4.78, 5) is 16.6. The second kappa shape index (κ2) is 6.27. The zero-order chi connectivity index (χ0) is 12.8. The summed E-state index contributed by atoms with van der Waals surface area (Å²) in [6.07, 6.45) is 2.88. The van der Waals surface area contributed by atoms with Crippen LogP contribution in [0.25, 0.3) is 0 Å². The normalized spacial score (nSPS) is 10.4. The Labute approximate surface area is 99.5 Å². The molecule has 0 aliphatic heterocycles. The second-order valence-corrected chi connectivity index (χ2v) is 3.70. The molecule has 0 atom stereocenters. The predicted octanol–water partition coefficient (Wildman–Crippen LogP) is 2.62. The molecule has 1 aromatic heterocycles. The minimum absolute atomic E-state index is 0.254. The Kier molecular flexibility index (Phi) is 5.00. The SMILES string of the molecule is CCCCN(CC)C(=O)c1ccnc(F)c1F. The predicted molar refractivity (Wildman–Crippen MR) is 60.6 cm³/mol. The fourth-order valence-electron chi connectivity index (χ4n) is 1.51. The van der Waals surface area contributed by atoms with Gasteiger partial charge in [-0.15, -0.1) is 0 Å². The van der Waals surface area contributed by atoms with Gasteiger partial charge in [-0.25, -0.2) is 9.37 Å². The lowest BCUT2D eigenvalue weighted by atomic mass is 10.2. The van der Waals surface area contributed by atoms with Crippen molar-refractivity contribution in [2.45, 2.75) is 26.7 Å². The molecule has 0 radical (unpaired) electrons. The van der Waals surface area contributed by atoms with Gasteiger partial charge in [-0.05, 0) is 19.4 Å². The number of rotatable bonds is 5. The molecule has 0 bridgehead atoms. The van der Waals surface area contributed by atoms with Crippen LogP contribution in [0.1, 0.15) is 37.0 Å². The molecule has 0 saturated heterocycles. The van der Waals surface area contributed by atoms with Crippen molar-refractivity contribution >= 4 is 5.91 Å². The molecule has 0 spiro atoms. The first-order valence-corrected chi connectivity index (χ1v) is 5.71. The van der Waals surface area contributed by atoms with Gasteiger partial charge in [0.15, 0.2) is 5.82 Å². The Bertz CT molecular complexity index is 396. The molecule has 1 rings (SSSR count). The summed E-state index contributed by atoms with van der Waals surface area (Å²) in [6.45, 7) is 4.84. The van der Waals surface area contributed by atoms with E-state index in [-0.39, 0.29) is 5.56 Å².